The van der Waals surface area contributed by atoms with E-state index in [9.17, 15) is 4.79 Å². The van der Waals surface area contributed by atoms with Gasteiger partial charge in [0.05, 0.1) is 12.2 Å². The van der Waals surface area contributed by atoms with Gasteiger partial charge in [-0.3, -0.25) is 14.6 Å². The highest BCUT2D eigenvalue weighted by atomic mass is 16.6. The van der Waals surface area contributed by atoms with Crippen LogP contribution in [0, 0.1) is 0 Å². The molecule has 224 valence electrons. The average molecular weight is 590 g/mol. The Morgan fingerprint density at radius 1 is 0.909 bits per heavy atom. The van der Waals surface area contributed by atoms with Crippen molar-refractivity contribution in [2.45, 2.75) is 32.9 Å². The van der Waals surface area contributed by atoms with E-state index >= 15 is 0 Å². The van der Waals surface area contributed by atoms with Gasteiger partial charge in [0, 0.05) is 85.9 Å². The van der Waals surface area contributed by atoms with E-state index in [0.717, 1.165) is 52.5 Å². The van der Waals surface area contributed by atoms with Gasteiger partial charge < -0.3 is 19.9 Å². The van der Waals surface area contributed by atoms with E-state index in [2.05, 4.69) is 37.3 Å². The zero-order valence-electron chi connectivity index (χ0n) is 25.1. The number of benzene rings is 1. The molecule has 0 saturated carbocycles. The topological polar surface area (TPSA) is 114 Å². The van der Waals surface area contributed by atoms with Crippen LogP contribution in [0.15, 0.2) is 91.8 Å². The van der Waals surface area contributed by atoms with Crippen LogP contribution in [0.3, 0.4) is 0 Å². The minimum Gasteiger partial charge on any atom is -0.444 e. The Labute approximate surface area is 256 Å². The summed E-state index contributed by atoms with van der Waals surface area (Å²) in [5.41, 5.74) is 5.86. The Hall–Kier alpha value is -5.32. The molecule has 1 saturated heterocycles. The minimum atomic E-state index is -0.496. The van der Waals surface area contributed by atoms with Gasteiger partial charge in [0.2, 0.25) is 5.95 Å². The van der Waals surface area contributed by atoms with Crippen LogP contribution >= 0.6 is 0 Å². The minimum absolute atomic E-state index is 0.257. The molecule has 0 bridgehead atoms. The summed E-state index contributed by atoms with van der Waals surface area (Å²) in [6.07, 6.45) is 10.6. The highest BCUT2D eigenvalue weighted by Crippen LogP contribution is 2.31. The number of ether oxygens (including phenoxy) is 1. The van der Waals surface area contributed by atoms with Crippen LogP contribution in [0.4, 0.5) is 22.1 Å². The van der Waals surface area contributed by atoms with Crippen LogP contribution in [-0.2, 0) is 11.3 Å². The molecule has 0 unspecified atom stereocenters. The third-order valence-electron chi connectivity index (χ3n) is 7.12. The first-order valence-electron chi connectivity index (χ1n) is 14.6. The summed E-state index contributed by atoms with van der Waals surface area (Å²) in [5, 5.41) is 8.22. The summed E-state index contributed by atoms with van der Waals surface area (Å²) < 4.78 is 7.42. The second kappa shape index (κ2) is 12.5. The number of nitrogens with zero attached hydrogens (tertiary/aromatic N) is 8. The molecular formula is C33H35N9O2. The summed E-state index contributed by atoms with van der Waals surface area (Å²) in [6, 6.07) is 17.9. The summed E-state index contributed by atoms with van der Waals surface area (Å²) in [6.45, 7) is 8.96. The molecule has 0 spiro atoms. The normalized spacial score (nSPS) is 13.5. The monoisotopic (exact) mass is 589 g/mol. The Bertz CT molecular complexity index is 1690. The quantitative estimate of drug-likeness (QED) is 0.257. The number of hydrogen-bond acceptors (Lipinski definition) is 9. The molecule has 5 heterocycles. The van der Waals surface area contributed by atoms with Gasteiger partial charge in [-0.1, -0.05) is 6.07 Å². The predicted molar refractivity (Wildman–Crippen MR) is 170 cm³/mol. The zero-order chi connectivity index (χ0) is 30.5. The van der Waals surface area contributed by atoms with Gasteiger partial charge in [-0.25, -0.2) is 14.8 Å². The molecule has 0 aliphatic carbocycles. The van der Waals surface area contributed by atoms with Crippen molar-refractivity contribution in [3.8, 4) is 22.5 Å². The number of carbonyl (C=O) groups excluding carboxylic acids is 1. The number of rotatable bonds is 7. The van der Waals surface area contributed by atoms with E-state index in [-0.39, 0.29) is 6.09 Å². The van der Waals surface area contributed by atoms with Gasteiger partial charge in [0.25, 0.3) is 0 Å². The molecule has 5 aromatic rings. The number of piperazine rings is 1. The standard InChI is InChI=1S/C33H35N9O2/c1-33(2,3)44-32(43)41-18-16-40(17-19-41)27-10-8-26(9-11-27)37-31-36-15-12-29(38-31)28-23-42(22-24-6-4-13-34-20-24)39-30(28)25-7-5-14-35-21-25/h4-15,20-21,23H,16-19,22H2,1-3H3,(H,36,37,38). The molecule has 1 N–H and O–H groups in total. The summed E-state index contributed by atoms with van der Waals surface area (Å²) in [5.74, 6) is 0.485. The van der Waals surface area contributed by atoms with Crippen LogP contribution in [-0.4, -0.2) is 72.5 Å². The highest BCUT2D eigenvalue weighted by Gasteiger charge is 2.26. The Morgan fingerprint density at radius 2 is 1.66 bits per heavy atom. The number of nitrogens with one attached hydrogen (secondary N) is 1. The number of amides is 1. The molecular weight excluding hydrogens is 554 g/mol. The lowest BCUT2D eigenvalue weighted by Gasteiger charge is -2.36. The molecule has 1 amide bonds. The third kappa shape index (κ3) is 7.00. The number of carbonyl (C=O) groups is 1. The molecule has 1 aliphatic rings. The van der Waals surface area contributed by atoms with E-state index in [1.165, 1.54) is 0 Å². The van der Waals surface area contributed by atoms with Crippen molar-refractivity contribution in [1.29, 1.82) is 0 Å². The second-order valence-corrected chi connectivity index (χ2v) is 11.6. The fourth-order valence-corrected chi connectivity index (χ4v) is 5.01. The van der Waals surface area contributed by atoms with E-state index in [4.69, 9.17) is 14.8 Å². The van der Waals surface area contributed by atoms with Gasteiger partial charge in [-0.2, -0.15) is 5.10 Å². The lowest BCUT2D eigenvalue weighted by atomic mass is 10.1. The Kier molecular flexibility index (Phi) is 8.18. The molecule has 44 heavy (non-hydrogen) atoms. The average Bonchev–Trinajstić information content (AvgIpc) is 3.45. The molecule has 1 fully saturated rings. The first kappa shape index (κ1) is 28.8. The van der Waals surface area contributed by atoms with E-state index in [1.54, 1.807) is 29.7 Å². The van der Waals surface area contributed by atoms with Gasteiger partial charge >= 0.3 is 6.09 Å². The van der Waals surface area contributed by atoms with E-state index in [1.807, 2.05) is 80.3 Å². The molecule has 11 heteroatoms. The van der Waals surface area contributed by atoms with Crippen molar-refractivity contribution in [3.63, 3.8) is 0 Å². The molecule has 1 aromatic carbocycles. The smallest absolute Gasteiger partial charge is 0.410 e. The van der Waals surface area contributed by atoms with Gasteiger partial charge in [-0.15, -0.1) is 0 Å². The summed E-state index contributed by atoms with van der Waals surface area (Å²) in [7, 11) is 0. The zero-order valence-corrected chi connectivity index (χ0v) is 25.1. The number of pyridine rings is 2. The van der Waals surface area contributed by atoms with Crippen molar-refractivity contribution in [3.05, 3.63) is 97.3 Å². The molecule has 0 radical (unpaired) electrons. The molecule has 0 atom stereocenters. The van der Waals surface area contributed by atoms with Crippen LogP contribution in [0.5, 0.6) is 0 Å². The molecule has 11 nitrogen and oxygen atoms in total. The summed E-state index contributed by atoms with van der Waals surface area (Å²) in [4.78, 5) is 34.3. The maximum atomic E-state index is 12.4. The first-order valence-corrected chi connectivity index (χ1v) is 14.6. The maximum Gasteiger partial charge on any atom is 0.410 e. The predicted octanol–water partition coefficient (Wildman–Crippen LogP) is 5.65. The van der Waals surface area contributed by atoms with Crippen molar-refractivity contribution in [2.24, 2.45) is 0 Å². The third-order valence-corrected chi connectivity index (χ3v) is 7.12. The number of aromatic nitrogens is 6. The van der Waals surface area contributed by atoms with Crippen molar-refractivity contribution in [2.75, 3.05) is 36.4 Å². The van der Waals surface area contributed by atoms with Gasteiger partial charge in [-0.05, 0) is 74.9 Å². The largest absolute Gasteiger partial charge is 0.444 e. The molecule has 4 aromatic heterocycles. The van der Waals surface area contributed by atoms with Gasteiger partial charge in [0.15, 0.2) is 0 Å². The van der Waals surface area contributed by atoms with Crippen LogP contribution in [0.1, 0.15) is 26.3 Å². The SMILES string of the molecule is CC(C)(C)OC(=O)N1CCN(c2ccc(Nc3nccc(-c4cn(Cc5cccnc5)nc4-c4cccnc4)n3)cc2)CC1. The van der Waals surface area contributed by atoms with Gasteiger partial charge in [0.1, 0.15) is 11.3 Å². The number of hydrogen-bond donors (Lipinski definition) is 1. The van der Waals surface area contributed by atoms with Crippen molar-refractivity contribution in [1.82, 2.24) is 34.6 Å². The molecule has 6 rings (SSSR count). The lowest BCUT2D eigenvalue weighted by molar-refractivity contribution is 0.0240. The lowest BCUT2D eigenvalue weighted by Crippen LogP contribution is -2.50. The van der Waals surface area contributed by atoms with Crippen molar-refractivity contribution >= 4 is 23.4 Å². The molecule has 1 aliphatic heterocycles. The van der Waals surface area contributed by atoms with Crippen LogP contribution < -0.4 is 10.2 Å². The fourth-order valence-electron chi connectivity index (χ4n) is 5.01. The number of anilines is 3. The first-order chi connectivity index (χ1) is 21.3. The van der Waals surface area contributed by atoms with E-state index < -0.39 is 5.60 Å². The van der Waals surface area contributed by atoms with Crippen molar-refractivity contribution < 1.29 is 9.53 Å². The summed E-state index contributed by atoms with van der Waals surface area (Å²) >= 11 is 0. The Balaban J connectivity index is 1.15. The Morgan fingerprint density at radius 3 is 2.34 bits per heavy atom. The van der Waals surface area contributed by atoms with Crippen LogP contribution in [0.2, 0.25) is 0 Å². The second-order valence-electron chi connectivity index (χ2n) is 11.6. The maximum absolute atomic E-state index is 12.4. The fraction of sp³-hybridized carbons (Fsp3) is 0.273. The highest BCUT2D eigenvalue weighted by molar-refractivity contribution is 5.78. The van der Waals surface area contributed by atoms with E-state index in [0.29, 0.717) is 25.6 Å². The van der Waals surface area contributed by atoms with Crippen LogP contribution in [0.25, 0.3) is 22.5 Å².